The fourth-order valence-electron chi connectivity index (χ4n) is 0. The van der Waals surface area contributed by atoms with Crippen molar-refractivity contribution in [2.75, 3.05) is 0 Å². The Morgan fingerprint density at radius 3 is 1.00 bits per heavy atom. The molecular weight excluding hydrogens is 254 g/mol. The van der Waals surface area contributed by atoms with Crippen molar-refractivity contribution in [2.24, 2.45) is 0 Å². The SMILES string of the molecule is [K+].[K+].[O-2].[O-2].[O]=[Ti]([O-])[O-].[Ti+4]. The molecule has 0 aromatic heterocycles. The minimum Gasteiger partial charge on any atom is 4.00 e. The molecular formula is K2O5Ti2. The van der Waals surface area contributed by atoms with Crippen molar-refractivity contribution >= 4 is 0 Å². The molecule has 0 amide bonds. The van der Waals surface area contributed by atoms with E-state index in [1.165, 1.54) is 0 Å². The molecule has 9 heteroatoms. The van der Waals surface area contributed by atoms with Crippen LogP contribution >= 0.6 is 0 Å². The third-order valence-electron chi connectivity index (χ3n) is 0. The van der Waals surface area contributed by atoms with E-state index in [9.17, 15) is 0 Å². The second-order valence-corrected chi connectivity index (χ2v) is 1.03. The average molecular weight is 254 g/mol. The minimum absolute atomic E-state index is 0. The zero-order valence-corrected chi connectivity index (χ0v) is 14.4. The summed E-state index contributed by atoms with van der Waals surface area (Å²) in [4.78, 5) is 0. The van der Waals surface area contributed by atoms with Crippen molar-refractivity contribution in [1.29, 1.82) is 0 Å². The molecule has 0 aliphatic rings. The van der Waals surface area contributed by atoms with Crippen LogP contribution in [0.4, 0.5) is 0 Å². The van der Waals surface area contributed by atoms with Crippen molar-refractivity contribution in [3.05, 3.63) is 0 Å². The molecule has 0 rings (SSSR count). The fourth-order valence-corrected chi connectivity index (χ4v) is 0. The van der Waals surface area contributed by atoms with Crippen molar-refractivity contribution in [1.82, 2.24) is 0 Å². The molecule has 0 aromatic rings. The third-order valence-corrected chi connectivity index (χ3v) is 0. The summed E-state index contributed by atoms with van der Waals surface area (Å²) in [5, 5.41) is 0. The number of hydrogen-bond donors (Lipinski definition) is 0. The standard InChI is InChI=1S/2K.5O.2Ti/q2*+1;;2*-2;2*-1;;+4. The molecule has 0 spiro atoms. The zero-order chi connectivity index (χ0) is 3.58. The molecule has 0 aliphatic carbocycles. The molecule has 0 heterocycles. The Balaban J connectivity index is -0.00000000450. The second-order valence-electron chi connectivity index (χ2n) is 0.250. The Morgan fingerprint density at radius 1 is 1.00 bits per heavy atom. The number of rotatable bonds is 0. The van der Waals surface area contributed by atoms with Crippen LogP contribution in [0.2, 0.25) is 0 Å². The van der Waals surface area contributed by atoms with Gasteiger partial charge in [0.15, 0.2) is 0 Å². The van der Waals surface area contributed by atoms with E-state index < -0.39 is 18.6 Å². The van der Waals surface area contributed by atoms with Crippen molar-refractivity contribution in [3.8, 4) is 0 Å². The van der Waals surface area contributed by atoms with Gasteiger partial charge in [0, 0.05) is 0 Å². The van der Waals surface area contributed by atoms with Gasteiger partial charge in [-0.2, -0.15) is 0 Å². The quantitative estimate of drug-likeness (QED) is 0.399. The first-order valence-electron chi connectivity index (χ1n) is 0.612. The van der Waals surface area contributed by atoms with Gasteiger partial charge in [0.1, 0.15) is 0 Å². The van der Waals surface area contributed by atoms with E-state index in [2.05, 4.69) is 0 Å². The summed E-state index contributed by atoms with van der Waals surface area (Å²) in [6.07, 6.45) is 0. The van der Waals surface area contributed by atoms with Crippen LogP contribution in [0.1, 0.15) is 0 Å². The van der Waals surface area contributed by atoms with Crippen LogP contribution in [0.15, 0.2) is 0 Å². The number of hydrogen-bond acceptors (Lipinski definition) is 3. The van der Waals surface area contributed by atoms with Crippen molar-refractivity contribution in [3.63, 3.8) is 0 Å². The van der Waals surface area contributed by atoms with E-state index in [0.717, 1.165) is 0 Å². The van der Waals surface area contributed by atoms with Gasteiger partial charge in [-0.3, -0.25) is 0 Å². The summed E-state index contributed by atoms with van der Waals surface area (Å²) in [5.41, 5.74) is 0. The minimum atomic E-state index is -4.08. The van der Waals surface area contributed by atoms with Gasteiger partial charge in [-0.1, -0.05) is 0 Å². The maximum absolute atomic E-state index is 8.58. The van der Waals surface area contributed by atoms with Crippen LogP contribution in [-0.2, 0) is 54.6 Å². The molecule has 5 nitrogen and oxygen atoms in total. The van der Waals surface area contributed by atoms with Crippen LogP contribution < -0.4 is 110 Å². The first-order chi connectivity index (χ1) is 1.73. The maximum atomic E-state index is 8.58. The molecule has 0 saturated heterocycles. The van der Waals surface area contributed by atoms with E-state index in [-0.39, 0.29) is 135 Å². The molecule has 40 valence electrons. The average Bonchev–Trinajstić information content (AvgIpc) is 0.811. The van der Waals surface area contributed by atoms with Crippen LogP contribution in [0.5, 0.6) is 0 Å². The molecule has 0 unspecified atom stereocenters. The topological polar surface area (TPSA) is 120 Å². The van der Waals surface area contributed by atoms with Gasteiger partial charge in [0.2, 0.25) is 0 Å². The van der Waals surface area contributed by atoms with Gasteiger partial charge >= 0.3 is 154 Å². The van der Waals surface area contributed by atoms with E-state index >= 15 is 0 Å². The van der Waals surface area contributed by atoms with Gasteiger partial charge in [-0.05, 0) is 0 Å². The Kier molecular flexibility index (Phi) is 123. The maximum Gasteiger partial charge on any atom is 4.00 e. The first-order valence-corrected chi connectivity index (χ1v) is 2.52. The molecule has 0 atom stereocenters. The molecule has 0 saturated carbocycles. The molecule has 0 N–H and O–H groups in total. The van der Waals surface area contributed by atoms with Gasteiger partial charge < -0.3 is 11.0 Å². The van der Waals surface area contributed by atoms with E-state index in [1.54, 1.807) is 0 Å². The van der Waals surface area contributed by atoms with Crippen molar-refractivity contribution in [2.45, 2.75) is 0 Å². The van der Waals surface area contributed by atoms with E-state index in [0.29, 0.717) is 0 Å². The summed E-state index contributed by atoms with van der Waals surface area (Å²) in [5.74, 6) is 0. The predicted molar refractivity (Wildman–Crippen MR) is 2.06 cm³/mol. The van der Waals surface area contributed by atoms with Crippen LogP contribution in [0.25, 0.3) is 0 Å². The summed E-state index contributed by atoms with van der Waals surface area (Å²) in [6.45, 7) is 0. The van der Waals surface area contributed by atoms with Crippen LogP contribution in [0.3, 0.4) is 0 Å². The monoisotopic (exact) mass is 254 g/mol. The Hall–Kier alpha value is 4.34. The van der Waals surface area contributed by atoms with Crippen molar-refractivity contribution < 1.29 is 165 Å². The Labute approximate surface area is 160 Å². The van der Waals surface area contributed by atoms with Crippen LogP contribution in [-0.4, -0.2) is 0 Å². The van der Waals surface area contributed by atoms with Gasteiger partial charge in [-0.15, -0.1) is 0 Å². The van der Waals surface area contributed by atoms with E-state index in [1.807, 2.05) is 0 Å². The Morgan fingerprint density at radius 2 is 1.00 bits per heavy atom. The van der Waals surface area contributed by atoms with Gasteiger partial charge in [0.05, 0.1) is 0 Å². The first kappa shape index (κ1) is 37.7. The molecule has 0 aliphatic heterocycles. The zero-order valence-electron chi connectivity index (χ0n) is 5.04. The summed E-state index contributed by atoms with van der Waals surface area (Å²) >= 11 is -4.08. The largest absolute Gasteiger partial charge is 4.00 e. The smallest absolute Gasteiger partial charge is 4.00 e. The molecule has 0 fully saturated rings. The van der Waals surface area contributed by atoms with Gasteiger partial charge in [0.25, 0.3) is 0 Å². The summed E-state index contributed by atoms with van der Waals surface area (Å²) in [6, 6.07) is 0. The predicted octanol–water partition coefficient (Wildman–Crippen LogP) is -8.73. The molecule has 0 aromatic carbocycles. The normalized spacial score (nSPS) is 2.89. The summed E-state index contributed by atoms with van der Waals surface area (Å²) < 4.78 is 25.8. The van der Waals surface area contributed by atoms with Gasteiger partial charge in [-0.25, -0.2) is 0 Å². The molecule has 0 radical (unpaired) electrons. The third kappa shape index (κ3) is 70.0. The second kappa shape index (κ2) is 29.5. The van der Waals surface area contributed by atoms with E-state index in [4.69, 9.17) is 10.7 Å². The fraction of sp³-hybridized carbons (Fsp3) is 0. The molecule has 0 bridgehead atoms. The molecule has 9 heavy (non-hydrogen) atoms. The summed E-state index contributed by atoms with van der Waals surface area (Å²) in [7, 11) is 0. The van der Waals surface area contributed by atoms with Crippen LogP contribution in [0, 0.1) is 0 Å². The Bertz CT molecular complexity index is 35.9.